The lowest BCUT2D eigenvalue weighted by molar-refractivity contribution is -0.870. The van der Waals surface area contributed by atoms with Gasteiger partial charge >= 0.3 is 0 Å². The van der Waals surface area contributed by atoms with Gasteiger partial charge in [0, 0.05) is 25.4 Å². The molecule has 2 atom stereocenters. The van der Waals surface area contributed by atoms with Gasteiger partial charge in [0.15, 0.2) is 5.00 Å². The van der Waals surface area contributed by atoms with E-state index >= 15 is 0 Å². The van der Waals surface area contributed by atoms with Crippen LogP contribution in [0.1, 0.15) is 58.2 Å². The molecule has 0 saturated carbocycles. The zero-order valence-electron chi connectivity index (χ0n) is 33.8. The normalized spacial score (nSPS) is 12.7. The molecule has 1 aromatic heterocycles. The number of benzene rings is 3. The summed E-state index contributed by atoms with van der Waals surface area (Å²) in [6, 6.07) is 30.9. The summed E-state index contributed by atoms with van der Waals surface area (Å²) in [5.74, 6) is 0. The van der Waals surface area contributed by atoms with Crippen molar-refractivity contribution < 1.29 is 28.2 Å². The molecule has 0 aliphatic rings. The van der Waals surface area contributed by atoms with Gasteiger partial charge in [0.25, 0.3) is 0 Å². The van der Waals surface area contributed by atoms with E-state index in [1.807, 2.05) is 55.5 Å². The maximum Gasteiger partial charge on any atom is 0.158 e. The van der Waals surface area contributed by atoms with Gasteiger partial charge in [0.05, 0.1) is 78.6 Å². The maximum atomic E-state index is 9.70. The van der Waals surface area contributed by atoms with Crippen LogP contribution in [0.3, 0.4) is 0 Å². The Bertz CT molecular complexity index is 1870. The molecule has 0 fully saturated rings. The number of thiophene rings is 1. The van der Waals surface area contributed by atoms with Crippen molar-refractivity contribution >= 4 is 27.7 Å². The van der Waals surface area contributed by atoms with Gasteiger partial charge in [-0.15, -0.1) is 21.6 Å². The Kier molecular flexibility index (Phi) is 18.6. The van der Waals surface area contributed by atoms with Crippen LogP contribution in [-0.4, -0.2) is 98.1 Å². The summed E-state index contributed by atoms with van der Waals surface area (Å²) in [6.45, 7) is 12.1. The van der Waals surface area contributed by atoms with Gasteiger partial charge < -0.3 is 33.1 Å². The fraction of sp³-hybridized carbons (Fsp3) is 0.455. The second kappa shape index (κ2) is 23.5. The summed E-state index contributed by atoms with van der Waals surface area (Å²) >= 11 is 1.17. The number of ether oxygens (including phenoxy) is 5. The Labute approximate surface area is 337 Å². The second-order valence-corrected chi connectivity index (χ2v) is 15.4. The molecule has 1 heterocycles. The Morgan fingerprint density at radius 3 is 1.77 bits per heavy atom. The Hall–Kier alpha value is -4.50. The lowest BCUT2D eigenvalue weighted by Gasteiger charge is -2.33. The van der Waals surface area contributed by atoms with Crippen molar-refractivity contribution in [3.05, 3.63) is 112 Å². The molecule has 0 spiro atoms. The molecule has 0 bridgehead atoms. The van der Waals surface area contributed by atoms with Crippen molar-refractivity contribution in [2.24, 2.45) is 10.2 Å². The van der Waals surface area contributed by atoms with Gasteiger partial charge in [-0.2, -0.15) is 10.5 Å². The molecule has 0 saturated heterocycles. The van der Waals surface area contributed by atoms with Crippen LogP contribution in [0.4, 0.5) is 16.4 Å². The minimum atomic E-state index is -0.273. The van der Waals surface area contributed by atoms with Crippen LogP contribution in [0.2, 0.25) is 0 Å². The van der Waals surface area contributed by atoms with E-state index in [2.05, 4.69) is 85.7 Å². The van der Waals surface area contributed by atoms with Gasteiger partial charge in [-0.1, -0.05) is 67.6 Å². The quantitative estimate of drug-likeness (QED) is 0.0371. The number of likely N-dealkylation sites (N-methyl/N-ethyl adjacent to an activating group) is 1. The molecule has 12 heteroatoms. The molecule has 0 amide bonds. The highest BCUT2D eigenvalue weighted by molar-refractivity contribution is 7.16. The maximum absolute atomic E-state index is 9.70. The molecular formula is C44H57N6O5S+. The fourth-order valence-corrected chi connectivity index (χ4v) is 6.67. The van der Waals surface area contributed by atoms with Crippen LogP contribution < -0.4 is 4.90 Å². The minimum Gasteiger partial charge on any atom is -0.379 e. The number of rotatable bonds is 25. The number of hydrogen-bond donors (Lipinski definition) is 0. The third-order valence-corrected chi connectivity index (χ3v) is 10.1. The molecule has 0 aliphatic carbocycles. The highest BCUT2D eigenvalue weighted by Gasteiger charge is 2.23. The Morgan fingerprint density at radius 2 is 1.25 bits per heavy atom. The van der Waals surface area contributed by atoms with Crippen molar-refractivity contribution in [2.45, 2.75) is 39.4 Å². The number of nitriles is 2. The van der Waals surface area contributed by atoms with E-state index in [0.717, 1.165) is 39.8 Å². The topological polar surface area (TPSA) is 122 Å². The molecule has 4 rings (SSSR count). The lowest BCUT2D eigenvalue weighted by Crippen LogP contribution is -2.37. The minimum absolute atomic E-state index is 0.251. The predicted octanol–water partition coefficient (Wildman–Crippen LogP) is 9.01. The first kappa shape index (κ1) is 44.2. The molecule has 4 aromatic rings. The summed E-state index contributed by atoms with van der Waals surface area (Å²) in [4.78, 5) is 2.76. The fourth-order valence-electron chi connectivity index (χ4n) is 5.79. The highest BCUT2D eigenvalue weighted by atomic mass is 32.1. The summed E-state index contributed by atoms with van der Waals surface area (Å²) < 4.78 is 31.4. The van der Waals surface area contributed by atoms with Crippen LogP contribution in [0, 0.1) is 36.5 Å². The number of nitrogens with zero attached hydrogens (tertiary/aromatic N) is 6. The average Bonchev–Trinajstić information content (AvgIpc) is 3.51. The molecular weight excluding hydrogens is 725 g/mol. The zero-order valence-corrected chi connectivity index (χ0v) is 34.6. The van der Waals surface area contributed by atoms with E-state index < -0.39 is 0 Å². The van der Waals surface area contributed by atoms with Crippen molar-refractivity contribution in [1.82, 2.24) is 0 Å². The third-order valence-electron chi connectivity index (χ3n) is 8.97. The van der Waals surface area contributed by atoms with Crippen LogP contribution in [0.5, 0.6) is 0 Å². The van der Waals surface area contributed by atoms with E-state index in [-0.39, 0.29) is 12.2 Å². The third kappa shape index (κ3) is 14.5. The first-order chi connectivity index (χ1) is 27.1. The van der Waals surface area contributed by atoms with Crippen LogP contribution in [0.25, 0.3) is 0 Å². The number of aryl methyl sites for hydroxylation is 1. The molecule has 298 valence electrons. The molecule has 2 unspecified atom stereocenters. The average molecular weight is 782 g/mol. The smallest absolute Gasteiger partial charge is 0.158 e. The van der Waals surface area contributed by atoms with Crippen LogP contribution in [-0.2, 0) is 23.7 Å². The van der Waals surface area contributed by atoms with Gasteiger partial charge in [-0.05, 0) is 60.7 Å². The monoisotopic (exact) mass is 781 g/mol. The second-order valence-electron chi connectivity index (χ2n) is 14.4. The van der Waals surface area contributed by atoms with Gasteiger partial charge in [0.2, 0.25) is 0 Å². The zero-order chi connectivity index (χ0) is 40.2. The van der Waals surface area contributed by atoms with Crippen LogP contribution >= 0.6 is 11.3 Å². The molecule has 0 aliphatic heterocycles. The van der Waals surface area contributed by atoms with Crippen molar-refractivity contribution in [1.29, 1.82) is 10.5 Å². The molecule has 0 radical (unpaired) electrons. The summed E-state index contributed by atoms with van der Waals surface area (Å²) in [7, 11) is 6.45. The summed E-state index contributed by atoms with van der Waals surface area (Å²) in [5.41, 5.74) is 5.68. The highest BCUT2D eigenvalue weighted by Crippen LogP contribution is 2.36. The molecule has 0 N–H and O–H groups in total. The van der Waals surface area contributed by atoms with Gasteiger partial charge in [-0.3, -0.25) is 0 Å². The standard InChI is InChI=1S/C44H57N6O5S/c1-7-21-51-25-27-54-41(36-14-10-8-11-15-36)32-49(38-18-19-40(34(2)29-38)47-48-44-39(30-45)35(3)43(31-46)56-44)33-42(37-16-12-9-13-17-37)55-28-26-53-24-23-52-22-20-50(4,5)6/h8-19,29,41-42H,7,20-28,32-33H2,1-6H3/q+1. The number of hydrogen-bond acceptors (Lipinski definition) is 11. The van der Waals surface area contributed by atoms with Gasteiger partial charge in [-0.25, -0.2) is 0 Å². The van der Waals surface area contributed by atoms with Crippen molar-refractivity contribution in [2.75, 3.05) is 98.5 Å². The largest absolute Gasteiger partial charge is 0.379 e. The first-order valence-corrected chi connectivity index (χ1v) is 20.0. The van der Waals surface area contributed by atoms with E-state index in [1.54, 1.807) is 6.92 Å². The van der Waals surface area contributed by atoms with Crippen molar-refractivity contribution in [3.63, 3.8) is 0 Å². The van der Waals surface area contributed by atoms with E-state index in [9.17, 15) is 10.5 Å². The molecule has 3 aromatic carbocycles. The molecule has 11 nitrogen and oxygen atoms in total. The Morgan fingerprint density at radius 1 is 0.696 bits per heavy atom. The number of quaternary nitrogens is 1. The van der Waals surface area contributed by atoms with E-state index in [1.165, 1.54) is 11.3 Å². The predicted molar refractivity (Wildman–Crippen MR) is 222 cm³/mol. The van der Waals surface area contributed by atoms with Gasteiger partial charge in [0.1, 0.15) is 35.8 Å². The Balaban J connectivity index is 1.58. The van der Waals surface area contributed by atoms with E-state index in [4.69, 9.17) is 23.7 Å². The SMILES string of the molecule is CCCOCCOC(CN(CC(OCCOCCOCC[N+](C)(C)C)c1ccccc1)c1ccc(N=Nc2sc(C#N)c(C)c2C#N)c(C)c1)c1ccccc1. The van der Waals surface area contributed by atoms with Crippen molar-refractivity contribution in [3.8, 4) is 12.1 Å². The van der Waals surface area contributed by atoms with Crippen LogP contribution in [0.15, 0.2) is 89.1 Å². The number of anilines is 1. The molecule has 56 heavy (non-hydrogen) atoms. The number of azo groups is 1. The lowest BCUT2D eigenvalue weighted by atomic mass is 10.1. The van der Waals surface area contributed by atoms with E-state index in [0.29, 0.717) is 92.6 Å². The first-order valence-electron chi connectivity index (χ1n) is 19.2. The summed E-state index contributed by atoms with van der Waals surface area (Å²) in [5, 5.41) is 28.5. The summed E-state index contributed by atoms with van der Waals surface area (Å²) in [6.07, 6.45) is 0.429.